The van der Waals surface area contributed by atoms with Crippen LogP contribution in [0.3, 0.4) is 0 Å². The molecule has 1 fully saturated rings. The summed E-state index contributed by atoms with van der Waals surface area (Å²) < 4.78 is 28.2. The van der Waals surface area contributed by atoms with Crippen LogP contribution in [0, 0.1) is 6.92 Å². The summed E-state index contributed by atoms with van der Waals surface area (Å²) in [5.41, 5.74) is 1.06. The third-order valence-electron chi connectivity index (χ3n) is 4.02. The SMILES string of the molecule is Cc1cc(NC(=O)c2cncc(N(C)C3CCS(=O)(=O)C3)c2)no1. The van der Waals surface area contributed by atoms with E-state index in [-0.39, 0.29) is 23.5 Å². The average molecular weight is 350 g/mol. The van der Waals surface area contributed by atoms with Gasteiger partial charge >= 0.3 is 0 Å². The summed E-state index contributed by atoms with van der Waals surface area (Å²) in [6.07, 6.45) is 3.64. The van der Waals surface area contributed by atoms with Crippen molar-refractivity contribution in [3.63, 3.8) is 0 Å². The van der Waals surface area contributed by atoms with Crippen LogP contribution in [0.1, 0.15) is 22.5 Å². The lowest BCUT2D eigenvalue weighted by atomic mass is 10.2. The van der Waals surface area contributed by atoms with Crippen LogP contribution in [0.15, 0.2) is 29.0 Å². The van der Waals surface area contributed by atoms with E-state index < -0.39 is 9.84 Å². The summed E-state index contributed by atoms with van der Waals surface area (Å²) in [6, 6.07) is 3.19. The summed E-state index contributed by atoms with van der Waals surface area (Å²) >= 11 is 0. The Bertz CT molecular complexity index is 862. The lowest BCUT2D eigenvalue weighted by molar-refractivity contribution is 0.102. The maximum Gasteiger partial charge on any atom is 0.258 e. The first-order valence-electron chi connectivity index (χ1n) is 7.47. The van der Waals surface area contributed by atoms with Gasteiger partial charge in [0, 0.05) is 25.4 Å². The van der Waals surface area contributed by atoms with Crippen LogP contribution in [0.2, 0.25) is 0 Å². The molecule has 1 saturated heterocycles. The topological polar surface area (TPSA) is 105 Å². The van der Waals surface area contributed by atoms with Crippen molar-refractivity contribution in [3.8, 4) is 0 Å². The molecule has 8 nitrogen and oxygen atoms in total. The largest absolute Gasteiger partial charge is 0.369 e. The zero-order chi connectivity index (χ0) is 17.3. The second-order valence-electron chi connectivity index (χ2n) is 5.88. The first kappa shape index (κ1) is 16.4. The number of anilines is 2. The van der Waals surface area contributed by atoms with Gasteiger partial charge in [-0.05, 0) is 19.4 Å². The van der Waals surface area contributed by atoms with Crippen molar-refractivity contribution in [1.82, 2.24) is 10.1 Å². The van der Waals surface area contributed by atoms with E-state index in [1.54, 1.807) is 25.3 Å². The zero-order valence-electron chi connectivity index (χ0n) is 13.4. The highest BCUT2D eigenvalue weighted by Gasteiger charge is 2.31. The van der Waals surface area contributed by atoms with E-state index in [9.17, 15) is 13.2 Å². The van der Waals surface area contributed by atoms with Gasteiger partial charge in [0.25, 0.3) is 5.91 Å². The molecule has 0 radical (unpaired) electrons. The number of sulfone groups is 1. The number of carbonyl (C=O) groups excluding carboxylic acids is 1. The third kappa shape index (κ3) is 3.56. The van der Waals surface area contributed by atoms with Gasteiger partial charge in [-0.25, -0.2) is 8.42 Å². The minimum atomic E-state index is -2.97. The van der Waals surface area contributed by atoms with Crippen LogP contribution in [-0.2, 0) is 9.84 Å². The predicted octanol–water partition coefficient (Wildman–Crippen LogP) is 1.25. The number of rotatable bonds is 4. The molecule has 1 unspecified atom stereocenters. The molecule has 24 heavy (non-hydrogen) atoms. The average Bonchev–Trinajstić information content (AvgIpc) is 3.12. The minimum absolute atomic E-state index is 0.103. The summed E-state index contributed by atoms with van der Waals surface area (Å²) in [5.74, 6) is 0.891. The van der Waals surface area contributed by atoms with Gasteiger partial charge in [0.1, 0.15) is 5.76 Å². The highest BCUT2D eigenvalue weighted by atomic mass is 32.2. The standard InChI is InChI=1S/C15H18N4O4S/c1-10-5-14(18-23-10)17-15(20)11-6-13(8-16-7-11)19(2)12-3-4-24(21,22)9-12/h5-8,12H,3-4,9H2,1-2H3,(H,17,18,20). The number of hydrogen-bond donors (Lipinski definition) is 1. The highest BCUT2D eigenvalue weighted by Crippen LogP contribution is 2.23. The van der Waals surface area contributed by atoms with E-state index in [0.29, 0.717) is 29.2 Å². The monoisotopic (exact) mass is 350 g/mol. The number of nitrogens with zero attached hydrogens (tertiary/aromatic N) is 3. The van der Waals surface area contributed by atoms with Gasteiger partial charge in [-0.3, -0.25) is 9.78 Å². The summed E-state index contributed by atoms with van der Waals surface area (Å²) in [7, 11) is -1.16. The molecular formula is C15H18N4O4S. The molecule has 0 aliphatic carbocycles. The first-order valence-corrected chi connectivity index (χ1v) is 9.29. The maximum absolute atomic E-state index is 12.3. The number of pyridine rings is 1. The fourth-order valence-electron chi connectivity index (χ4n) is 2.65. The van der Waals surface area contributed by atoms with Gasteiger partial charge in [-0.2, -0.15) is 0 Å². The first-order chi connectivity index (χ1) is 11.3. The summed E-state index contributed by atoms with van der Waals surface area (Å²) in [5, 5.41) is 6.34. The fourth-order valence-corrected chi connectivity index (χ4v) is 4.42. The van der Waals surface area contributed by atoms with Crippen molar-refractivity contribution >= 4 is 27.2 Å². The van der Waals surface area contributed by atoms with Crippen LogP contribution in [0.4, 0.5) is 11.5 Å². The van der Waals surface area contributed by atoms with Crippen LogP contribution in [0.5, 0.6) is 0 Å². The predicted molar refractivity (Wildman–Crippen MR) is 88.9 cm³/mol. The second kappa shape index (κ2) is 6.23. The van der Waals surface area contributed by atoms with Crippen molar-refractivity contribution in [3.05, 3.63) is 35.9 Å². The lowest BCUT2D eigenvalue weighted by Crippen LogP contribution is -2.32. The molecule has 3 heterocycles. The Kier molecular flexibility index (Phi) is 4.27. The smallest absolute Gasteiger partial charge is 0.258 e. The highest BCUT2D eigenvalue weighted by molar-refractivity contribution is 7.91. The number of carbonyl (C=O) groups is 1. The number of hydrogen-bond acceptors (Lipinski definition) is 7. The van der Waals surface area contributed by atoms with E-state index in [0.717, 1.165) is 0 Å². The molecule has 1 N–H and O–H groups in total. The van der Waals surface area contributed by atoms with Crippen LogP contribution < -0.4 is 10.2 Å². The van der Waals surface area contributed by atoms with Gasteiger partial charge in [-0.1, -0.05) is 5.16 Å². The molecule has 2 aromatic heterocycles. The normalized spacial score (nSPS) is 19.2. The molecule has 0 bridgehead atoms. The number of nitrogens with one attached hydrogen (secondary N) is 1. The lowest BCUT2D eigenvalue weighted by Gasteiger charge is -2.25. The van der Waals surface area contributed by atoms with Gasteiger partial charge in [-0.15, -0.1) is 0 Å². The molecule has 1 aliphatic heterocycles. The van der Waals surface area contributed by atoms with Crippen molar-refractivity contribution in [2.24, 2.45) is 0 Å². The van der Waals surface area contributed by atoms with E-state index in [2.05, 4.69) is 15.5 Å². The molecule has 1 aliphatic rings. The van der Waals surface area contributed by atoms with E-state index in [1.807, 2.05) is 11.9 Å². The summed E-state index contributed by atoms with van der Waals surface area (Å²) in [4.78, 5) is 18.2. The van der Waals surface area contributed by atoms with Crippen LogP contribution in [0.25, 0.3) is 0 Å². The number of amides is 1. The van der Waals surface area contributed by atoms with Crippen molar-refractivity contribution in [2.75, 3.05) is 28.8 Å². The molecule has 2 aromatic rings. The third-order valence-corrected chi connectivity index (χ3v) is 5.77. The van der Waals surface area contributed by atoms with Crippen LogP contribution >= 0.6 is 0 Å². The van der Waals surface area contributed by atoms with Crippen molar-refractivity contribution < 1.29 is 17.7 Å². The van der Waals surface area contributed by atoms with Gasteiger partial charge in [0.2, 0.25) is 0 Å². The van der Waals surface area contributed by atoms with Crippen molar-refractivity contribution in [1.29, 1.82) is 0 Å². The Balaban J connectivity index is 1.75. The molecule has 1 amide bonds. The minimum Gasteiger partial charge on any atom is -0.369 e. The quantitative estimate of drug-likeness (QED) is 0.884. The van der Waals surface area contributed by atoms with Crippen molar-refractivity contribution in [2.45, 2.75) is 19.4 Å². The van der Waals surface area contributed by atoms with E-state index in [4.69, 9.17) is 4.52 Å². The van der Waals surface area contributed by atoms with Gasteiger partial charge in [0.15, 0.2) is 15.7 Å². The number of aryl methyl sites for hydroxylation is 1. The number of aromatic nitrogens is 2. The fraction of sp³-hybridized carbons (Fsp3) is 0.400. The Morgan fingerprint density at radius 3 is 2.79 bits per heavy atom. The zero-order valence-corrected chi connectivity index (χ0v) is 14.2. The Hall–Kier alpha value is -2.42. The molecule has 0 saturated carbocycles. The molecule has 0 aromatic carbocycles. The Morgan fingerprint density at radius 2 is 2.17 bits per heavy atom. The molecule has 1 atom stereocenters. The van der Waals surface area contributed by atoms with E-state index in [1.165, 1.54) is 6.20 Å². The molecule has 128 valence electrons. The maximum atomic E-state index is 12.3. The van der Waals surface area contributed by atoms with Gasteiger partial charge < -0.3 is 14.7 Å². The summed E-state index contributed by atoms with van der Waals surface area (Å²) in [6.45, 7) is 1.73. The Morgan fingerprint density at radius 1 is 1.38 bits per heavy atom. The van der Waals surface area contributed by atoms with Gasteiger partial charge in [0.05, 0.1) is 29.0 Å². The Labute approximate surface area is 139 Å². The molecule has 9 heteroatoms. The molecule has 0 spiro atoms. The second-order valence-corrected chi connectivity index (χ2v) is 8.11. The van der Waals surface area contributed by atoms with Crippen LogP contribution in [-0.4, -0.2) is 49.1 Å². The molecule has 3 rings (SSSR count). The molecular weight excluding hydrogens is 332 g/mol. The van der Waals surface area contributed by atoms with E-state index >= 15 is 0 Å².